The van der Waals surface area contributed by atoms with Crippen molar-refractivity contribution in [1.29, 1.82) is 0 Å². The van der Waals surface area contributed by atoms with Gasteiger partial charge in [0.25, 0.3) is 0 Å². The number of H-pyrrole nitrogens is 1. The fourth-order valence-corrected chi connectivity index (χ4v) is 1.48. The zero-order chi connectivity index (χ0) is 13.7. The largest absolute Gasteiger partial charge is 0.477 e. The standard InChI is InChI=1S/C11H16N2O5/c1-6(14)12-3-2-9(15)10(16)7-4-8(11(17)18)13-5-7/h4-5,9-10,13,15-16H,2-3H2,1H3,(H,12,14)(H,17,18). The number of carboxylic acid groups (broad SMARTS) is 1. The summed E-state index contributed by atoms with van der Waals surface area (Å²) in [4.78, 5) is 23.7. The van der Waals surface area contributed by atoms with Crippen molar-refractivity contribution in [3.63, 3.8) is 0 Å². The molecule has 0 saturated heterocycles. The van der Waals surface area contributed by atoms with E-state index in [1.165, 1.54) is 19.2 Å². The number of carbonyl (C=O) groups excluding carboxylic acids is 1. The van der Waals surface area contributed by atoms with E-state index in [0.29, 0.717) is 5.56 Å². The van der Waals surface area contributed by atoms with Crippen LogP contribution in [0, 0.1) is 0 Å². The lowest BCUT2D eigenvalue weighted by atomic mass is 10.0. The highest BCUT2D eigenvalue weighted by Gasteiger charge is 2.20. The maximum absolute atomic E-state index is 10.6. The molecule has 0 saturated carbocycles. The van der Waals surface area contributed by atoms with Gasteiger partial charge in [-0.2, -0.15) is 0 Å². The predicted octanol–water partition coefficient (Wildman–Crippen LogP) is -0.367. The van der Waals surface area contributed by atoms with Gasteiger partial charge in [-0.1, -0.05) is 0 Å². The first kappa shape index (κ1) is 14.2. The number of aromatic amines is 1. The third-order valence-electron chi connectivity index (χ3n) is 2.46. The number of carbonyl (C=O) groups is 2. The molecule has 18 heavy (non-hydrogen) atoms. The Morgan fingerprint density at radius 3 is 2.61 bits per heavy atom. The summed E-state index contributed by atoms with van der Waals surface area (Å²) in [5, 5.41) is 30.6. The first-order valence-corrected chi connectivity index (χ1v) is 5.44. The lowest BCUT2D eigenvalue weighted by molar-refractivity contribution is -0.119. The van der Waals surface area contributed by atoms with Crippen LogP contribution in [-0.4, -0.2) is 44.8 Å². The van der Waals surface area contributed by atoms with E-state index in [9.17, 15) is 19.8 Å². The second-order valence-electron chi connectivity index (χ2n) is 3.94. The minimum absolute atomic E-state index is 0.0573. The Morgan fingerprint density at radius 2 is 2.11 bits per heavy atom. The molecule has 100 valence electrons. The molecule has 7 nitrogen and oxygen atoms in total. The monoisotopic (exact) mass is 256 g/mol. The quantitative estimate of drug-likeness (QED) is 0.475. The van der Waals surface area contributed by atoms with Crippen molar-refractivity contribution in [1.82, 2.24) is 10.3 Å². The number of aromatic carboxylic acids is 1. The van der Waals surface area contributed by atoms with Crippen molar-refractivity contribution in [2.24, 2.45) is 0 Å². The number of carboxylic acids is 1. The molecule has 0 fully saturated rings. The number of nitrogens with one attached hydrogen (secondary N) is 2. The number of hydrogen-bond acceptors (Lipinski definition) is 4. The van der Waals surface area contributed by atoms with Crippen LogP contribution in [0.3, 0.4) is 0 Å². The van der Waals surface area contributed by atoms with E-state index < -0.39 is 18.2 Å². The predicted molar refractivity (Wildman–Crippen MR) is 62.0 cm³/mol. The minimum Gasteiger partial charge on any atom is -0.477 e. The van der Waals surface area contributed by atoms with E-state index in [-0.39, 0.29) is 24.6 Å². The lowest BCUT2D eigenvalue weighted by Crippen LogP contribution is -2.27. The van der Waals surface area contributed by atoms with Crippen LogP contribution in [0.5, 0.6) is 0 Å². The van der Waals surface area contributed by atoms with Crippen molar-refractivity contribution >= 4 is 11.9 Å². The molecule has 0 aliphatic heterocycles. The third-order valence-corrected chi connectivity index (χ3v) is 2.46. The van der Waals surface area contributed by atoms with Gasteiger partial charge in [0.1, 0.15) is 11.8 Å². The fourth-order valence-electron chi connectivity index (χ4n) is 1.48. The minimum atomic E-state index is -1.19. The highest BCUT2D eigenvalue weighted by molar-refractivity contribution is 5.85. The molecule has 7 heteroatoms. The van der Waals surface area contributed by atoms with Gasteiger partial charge in [-0.15, -0.1) is 0 Å². The highest BCUT2D eigenvalue weighted by atomic mass is 16.4. The molecule has 0 aliphatic carbocycles. The highest BCUT2D eigenvalue weighted by Crippen LogP contribution is 2.19. The van der Waals surface area contributed by atoms with E-state index in [0.717, 1.165) is 0 Å². The number of amides is 1. The topological polar surface area (TPSA) is 123 Å². The average molecular weight is 256 g/mol. The van der Waals surface area contributed by atoms with Gasteiger partial charge in [0.2, 0.25) is 5.91 Å². The maximum atomic E-state index is 10.6. The van der Waals surface area contributed by atoms with Gasteiger partial charge in [0.15, 0.2) is 0 Å². The van der Waals surface area contributed by atoms with Crippen LogP contribution in [0.15, 0.2) is 12.3 Å². The molecular formula is C11H16N2O5. The van der Waals surface area contributed by atoms with E-state index in [1.54, 1.807) is 0 Å². The second kappa shape index (κ2) is 6.18. The first-order chi connectivity index (χ1) is 8.41. The molecule has 1 aromatic rings. The molecule has 5 N–H and O–H groups in total. The van der Waals surface area contributed by atoms with Crippen LogP contribution in [-0.2, 0) is 4.79 Å². The van der Waals surface area contributed by atoms with E-state index >= 15 is 0 Å². The third kappa shape index (κ3) is 3.86. The Balaban J connectivity index is 2.53. The van der Waals surface area contributed by atoms with Gasteiger partial charge in [0.05, 0.1) is 6.10 Å². The number of aliphatic hydroxyl groups excluding tert-OH is 2. The smallest absolute Gasteiger partial charge is 0.352 e. The van der Waals surface area contributed by atoms with E-state index in [2.05, 4.69) is 10.3 Å². The van der Waals surface area contributed by atoms with Crippen LogP contribution in [0.2, 0.25) is 0 Å². The summed E-state index contributed by atoms with van der Waals surface area (Å²) in [6, 6.07) is 1.26. The number of aliphatic hydroxyl groups is 2. The maximum Gasteiger partial charge on any atom is 0.352 e. The normalized spacial score (nSPS) is 13.9. The van der Waals surface area contributed by atoms with Gasteiger partial charge in [0, 0.05) is 25.2 Å². The van der Waals surface area contributed by atoms with Crippen molar-refractivity contribution < 1.29 is 24.9 Å². The van der Waals surface area contributed by atoms with Crippen LogP contribution < -0.4 is 5.32 Å². The molecule has 1 rings (SSSR count). The summed E-state index contributed by atoms with van der Waals surface area (Å²) >= 11 is 0. The molecule has 0 aromatic carbocycles. The van der Waals surface area contributed by atoms with Gasteiger partial charge >= 0.3 is 5.97 Å². The fraction of sp³-hybridized carbons (Fsp3) is 0.455. The summed E-state index contributed by atoms with van der Waals surface area (Å²) in [5.41, 5.74) is 0.237. The molecule has 2 unspecified atom stereocenters. The Kier molecular flexibility index (Phi) is 4.87. The molecular weight excluding hydrogens is 240 g/mol. The van der Waals surface area contributed by atoms with E-state index in [1.807, 2.05) is 0 Å². The van der Waals surface area contributed by atoms with Gasteiger partial charge in [-0.05, 0) is 12.5 Å². The summed E-state index contributed by atoms with van der Waals surface area (Å²) in [6.07, 6.45) is -0.762. The van der Waals surface area contributed by atoms with Gasteiger partial charge in [-0.3, -0.25) is 4.79 Å². The number of hydrogen-bond donors (Lipinski definition) is 5. The van der Waals surface area contributed by atoms with Gasteiger partial charge in [-0.25, -0.2) is 4.79 Å². The Hall–Kier alpha value is -1.86. The van der Waals surface area contributed by atoms with Crippen molar-refractivity contribution in [2.45, 2.75) is 25.6 Å². The molecule has 1 heterocycles. The summed E-state index contributed by atoms with van der Waals surface area (Å²) in [7, 11) is 0. The Bertz CT molecular complexity index is 429. The molecule has 0 bridgehead atoms. The summed E-state index contributed by atoms with van der Waals surface area (Å²) < 4.78 is 0. The molecule has 0 spiro atoms. The van der Waals surface area contributed by atoms with Crippen LogP contribution in [0.25, 0.3) is 0 Å². The molecule has 2 atom stereocenters. The molecule has 1 aromatic heterocycles. The van der Waals surface area contributed by atoms with Crippen LogP contribution in [0.4, 0.5) is 0 Å². The SMILES string of the molecule is CC(=O)NCCC(O)C(O)c1c[nH]c(C(=O)O)c1. The Morgan fingerprint density at radius 1 is 1.44 bits per heavy atom. The van der Waals surface area contributed by atoms with Crippen molar-refractivity contribution in [2.75, 3.05) is 6.54 Å². The molecule has 0 radical (unpaired) electrons. The average Bonchev–Trinajstić information content (AvgIpc) is 2.76. The second-order valence-corrected chi connectivity index (χ2v) is 3.94. The van der Waals surface area contributed by atoms with Crippen LogP contribution in [0.1, 0.15) is 35.5 Å². The zero-order valence-electron chi connectivity index (χ0n) is 9.88. The van der Waals surface area contributed by atoms with Crippen molar-refractivity contribution in [3.8, 4) is 0 Å². The molecule has 0 aliphatic rings. The van der Waals surface area contributed by atoms with E-state index in [4.69, 9.17) is 5.11 Å². The Labute approximate surface area is 103 Å². The van der Waals surface area contributed by atoms with Gasteiger partial charge < -0.3 is 25.6 Å². The lowest BCUT2D eigenvalue weighted by Gasteiger charge is -2.16. The number of rotatable bonds is 6. The summed E-state index contributed by atoms with van der Waals surface area (Å²) in [6.45, 7) is 1.60. The van der Waals surface area contributed by atoms with Crippen LogP contribution >= 0.6 is 0 Å². The van der Waals surface area contributed by atoms with Crippen molar-refractivity contribution in [3.05, 3.63) is 23.5 Å². The molecule has 1 amide bonds. The first-order valence-electron chi connectivity index (χ1n) is 5.44. The zero-order valence-corrected chi connectivity index (χ0v) is 9.88. The number of aromatic nitrogens is 1. The summed E-state index contributed by atoms with van der Waals surface area (Å²) in [5.74, 6) is -1.35.